The summed E-state index contributed by atoms with van der Waals surface area (Å²) in [5, 5.41) is 9.79. The molecule has 148 valence electrons. The largest absolute Gasteiger partial charge is 0.497 e. The van der Waals surface area contributed by atoms with Gasteiger partial charge in [-0.05, 0) is 18.2 Å². The number of carbonyl (C=O) groups is 1. The van der Waals surface area contributed by atoms with Gasteiger partial charge in [0.1, 0.15) is 22.7 Å². The van der Waals surface area contributed by atoms with E-state index in [1.54, 1.807) is 24.3 Å². The Hall–Kier alpha value is -3.59. The highest BCUT2D eigenvalue weighted by Crippen LogP contribution is 2.27. The smallest absolute Gasteiger partial charge is 0.256 e. The minimum absolute atomic E-state index is 0.175. The number of aromatic amines is 2. The maximum Gasteiger partial charge on any atom is 0.256 e. The molecule has 29 heavy (non-hydrogen) atoms. The first kappa shape index (κ1) is 18.8. The van der Waals surface area contributed by atoms with Crippen molar-refractivity contribution >= 4 is 34.4 Å². The third kappa shape index (κ3) is 3.59. The number of nitrogens with one attached hydrogen (secondary N) is 3. The third-order valence-corrected chi connectivity index (χ3v) is 4.53. The van der Waals surface area contributed by atoms with Crippen molar-refractivity contribution in [2.24, 2.45) is 0 Å². The summed E-state index contributed by atoms with van der Waals surface area (Å²) >= 11 is 6.05. The molecule has 2 aromatic carbocycles. The second-order valence-corrected chi connectivity index (χ2v) is 6.47. The Morgan fingerprint density at radius 3 is 2.72 bits per heavy atom. The lowest BCUT2D eigenvalue weighted by atomic mass is 10.2. The van der Waals surface area contributed by atoms with E-state index >= 15 is 0 Å². The number of aromatic nitrogens is 4. The highest BCUT2D eigenvalue weighted by Gasteiger charge is 2.15. The summed E-state index contributed by atoms with van der Waals surface area (Å²) in [6, 6.07) is 9.16. The van der Waals surface area contributed by atoms with Crippen molar-refractivity contribution in [2.75, 3.05) is 19.5 Å². The lowest BCUT2D eigenvalue weighted by Crippen LogP contribution is -2.12. The van der Waals surface area contributed by atoms with Gasteiger partial charge in [-0.1, -0.05) is 11.6 Å². The van der Waals surface area contributed by atoms with E-state index in [2.05, 4.69) is 25.5 Å². The minimum atomic E-state index is -0.508. The zero-order valence-electron chi connectivity index (χ0n) is 15.3. The summed E-state index contributed by atoms with van der Waals surface area (Å²) in [6.07, 6.45) is 0. The Kier molecular flexibility index (Phi) is 4.81. The Morgan fingerprint density at radius 1 is 1.17 bits per heavy atom. The Labute approximate surface area is 169 Å². The number of methoxy groups -OCH3 is 2. The highest BCUT2D eigenvalue weighted by atomic mass is 35.5. The normalized spacial score (nSPS) is 10.9. The lowest BCUT2D eigenvalue weighted by Gasteiger charge is -2.05. The summed E-state index contributed by atoms with van der Waals surface area (Å²) in [7, 11) is 2.95. The van der Waals surface area contributed by atoms with Gasteiger partial charge in [-0.2, -0.15) is 5.10 Å². The molecule has 3 N–H and O–H groups in total. The molecular formula is C19H15ClFN5O3. The number of rotatable bonds is 5. The zero-order chi connectivity index (χ0) is 20.5. The molecule has 4 rings (SSSR count). The van der Waals surface area contributed by atoms with E-state index in [1.807, 2.05) is 0 Å². The number of benzene rings is 2. The maximum atomic E-state index is 14.1. The average Bonchev–Trinajstić information content (AvgIpc) is 3.34. The molecule has 0 spiro atoms. The molecule has 0 bridgehead atoms. The van der Waals surface area contributed by atoms with E-state index in [9.17, 15) is 9.18 Å². The molecule has 0 aliphatic carbocycles. The van der Waals surface area contributed by atoms with Crippen LogP contribution in [0.15, 0.2) is 36.4 Å². The third-order valence-electron chi connectivity index (χ3n) is 4.24. The van der Waals surface area contributed by atoms with Crippen LogP contribution in [0.4, 0.5) is 10.2 Å². The van der Waals surface area contributed by atoms with Crippen LogP contribution in [0.25, 0.3) is 22.6 Å². The molecule has 0 aliphatic rings. The van der Waals surface area contributed by atoms with Crippen LogP contribution < -0.4 is 14.8 Å². The van der Waals surface area contributed by atoms with Gasteiger partial charge in [0.15, 0.2) is 17.5 Å². The van der Waals surface area contributed by atoms with Gasteiger partial charge < -0.3 is 19.8 Å². The van der Waals surface area contributed by atoms with Crippen molar-refractivity contribution in [2.45, 2.75) is 0 Å². The first-order chi connectivity index (χ1) is 14.0. The fraction of sp³-hybridized carbons (Fsp3) is 0.105. The van der Waals surface area contributed by atoms with E-state index in [-0.39, 0.29) is 11.3 Å². The molecule has 2 aromatic heterocycles. The number of ether oxygens (including phenoxy) is 2. The zero-order valence-corrected chi connectivity index (χ0v) is 16.1. The van der Waals surface area contributed by atoms with E-state index in [4.69, 9.17) is 21.1 Å². The highest BCUT2D eigenvalue weighted by molar-refractivity contribution is 6.32. The number of carbonyl (C=O) groups excluding carboxylic acids is 1. The Balaban J connectivity index is 1.57. The van der Waals surface area contributed by atoms with Gasteiger partial charge >= 0.3 is 0 Å². The second kappa shape index (κ2) is 7.44. The molecule has 0 fully saturated rings. The molecule has 0 atom stereocenters. The van der Waals surface area contributed by atoms with Crippen molar-refractivity contribution < 1.29 is 18.7 Å². The number of nitrogens with zero attached hydrogens (tertiary/aromatic N) is 2. The molecule has 0 radical (unpaired) electrons. The Bertz CT molecular complexity index is 1220. The minimum Gasteiger partial charge on any atom is -0.497 e. The van der Waals surface area contributed by atoms with E-state index in [0.29, 0.717) is 39.1 Å². The quantitative estimate of drug-likeness (QED) is 0.456. The summed E-state index contributed by atoms with van der Waals surface area (Å²) in [6.45, 7) is 0. The van der Waals surface area contributed by atoms with Crippen LogP contribution >= 0.6 is 11.6 Å². The van der Waals surface area contributed by atoms with Crippen molar-refractivity contribution in [1.82, 2.24) is 20.2 Å². The van der Waals surface area contributed by atoms with Gasteiger partial charge in [-0.25, -0.2) is 9.37 Å². The van der Waals surface area contributed by atoms with Crippen molar-refractivity contribution in [3.8, 4) is 23.0 Å². The summed E-state index contributed by atoms with van der Waals surface area (Å²) in [5.74, 6) is 0.585. The monoisotopic (exact) mass is 415 g/mol. The van der Waals surface area contributed by atoms with Crippen molar-refractivity contribution in [3.05, 3.63) is 52.8 Å². The summed E-state index contributed by atoms with van der Waals surface area (Å²) in [5.41, 5.74) is 1.47. The van der Waals surface area contributed by atoms with Crippen LogP contribution in [-0.2, 0) is 0 Å². The number of halogens is 2. The van der Waals surface area contributed by atoms with Gasteiger partial charge in [0.05, 0.1) is 24.8 Å². The molecule has 8 nitrogen and oxygen atoms in total. The lowest BCUT2D eigenvalue weighted by molar-refractivity contribution is 0.102. The van der Waals surface area contributed by atoms with Crippen LogP contribution in [0.3, 0.4) is 0 Å². The van der Waals surface area contributed by atoms with Crippen LogP contribution in [0.1, 0.15) is 10.4 Å². The fourth-order valence-corrected chi connectivity index (χ4v) is 3.06. The maximum absolute atomic E-state index is 14.1. The number of imidazole rings is 1. The van der Waals surface area contributed by atoms with Crippen LogP contribution in [0.5, 0.6) is 11.5 Å². The first-order valence-electron chi connectivity index (χ1n) is 8.42. The van der Waals surface area contributed by atoms with Crippen LogP contribution in [0.2, 0.25) is 5.02 Å². The van der Waals surface area contributed by atoms with Crippen LogP contribution in [-0.4, -0.2) is 40.3 Å². The molecule has 1 amide bonds. The fourth-order valence-electron chi connectivity index (χ4n) is 2.80. The number of H-pyrrole nitrogens is 2. The average molecular weight is 416 g/mol. The molecule has 0 saturated heterocycles. The van der Waals surface area contributed by atoms with E-state index in [1.165, 1.54) is 26.4 Å². The standard InChI is InChI=1S/C19H15ClFN5O3/c1-28-10-6-12(21)17-13(7-10)22-18(24-17)14-8-16(26-25-14)23-19(27)9-3-4-15(29-2)11(20)5-9/h3-8H,1-2H3,(H,22,24)(H2,23,25,26,27). The van der Waals surface area contributed by atoms with Crippen molar-refractivity contribution in [1.29, 1.82) is 0 Å². The van der Waals surface area contributed by atoms with Gasteiger partial charge in [0.2, 0.25) is 0 Å². The SMILES string of the molecule is COc1cc(F)c2nc(-c3cc(NC(=O)c4ccc(OC)c(Cl)c4)n[nH]3)[nH]c2c1. The van der Waals surface area contributed by atoms with Gasteiger partial charge in [-0.3, -0.25) is 9.89 Å². The molecular weight excluding hydrogens is 401 g/mol. The van der Waals surface area contributed by atoms with E-state index in [0.717, 1.165) is 0 Å². The van der Waals surface area contributed by atoms with Gasteiger partial charge in [-0.15, -0.1) is 0 Å². The predicted octanol–water partition coefficient (Wildman–Crippen LogP) is 4.02. The number of anilines is 1. The van der Waals surface area contributed by atoms with Crippen LogP contribution in [0, 0.1) is 5.82 Å². The van der Waals surface area contributed by atoms with Gasteiger partial charge in [0.25, 0.3) is 5.91 Å². The predicted molar refractivity (Wildman–Crippen MR) is 106 cm³/mol. The number of hydrogen-bond donors (Lipinski definition) is 3. The Morgan fingerprint density at radius 2 is 2.00 bits per heavy atom. The van der Waals surface area contributed by atoms with Gasteiger partial charge in [0, 0.05) is 23.8 Å². The first-order valence-corrected chi connectivity index (χ1v) is 8.80. The topological polar surface area (TPSA) is 105 Å². The molecule has 10 heteroatoms. The summed E-state index contributed by atoms with van der Waals surface area (Å²) < 4.78 is 24.3. The van der Waals surface area contributed by atoms with Crippen molar-refractivity contribution in [3.63, 3.8) is 0 Å². The molecule has 4 aromatic rings. The molecule has 0 aliphatic heterocycles. The summed E-state index contributed by atoms with van der Waals surface area (Å²) in [4.78, 5) is 19.7. The number of amides is 1. The molecule has 2 heterocycles. The second-order valence-electron chi connectivity index (χ2n) is 6.06. The molecule has 0 saturated carbocycles. The number of hydrogen-bond acceptors (Lipinski definition) is 5. The van der Waals surface area contributed by atoms with E-state index < -0.39 is 11.7 Å². The molecule has 0 unspecified atom stereocenters. The number of fused-ring (bicyclic) bond motifs is 1.